The number of benzene rings is 1. The van der Waals surface area contributed by atoms with Crippen LogP contribution in [0.25, 0.3) is 0 Å². The van der Waals surface area contributed by atoms with Crippen molar-refractivity contribution in [1.82, 2.24) is 0 Å². The Balaban J connectivity index is 1.35. The Morgan fingerprint density at radius 3 is 1.71 bits per heavy atom. The van der Waals surface area contributed by atoms with Crippen molar-refractivity contribution in [1.29, 1.82) is 0 Å². The van der Waals surface area contributed by atoms with Gasteiger partial charge in [-0.1, -0.05) is 19.8 Å². The monoisotopic (exact) mass is 486 g/mol. The van der Waals surface area contributed by atoms with Gasteiger partial charge in [0.1, 0.15) is 11.6 Å². The summed E-state index contributed by atoms with van der Waals surface area (Å²) in [5.41, 5.74) is 0.783. The first kappa shape index (κ1) is 25.6. The Kier molecular flexibility index (Phi) is 8.03. The number of hydrogen-bond donors (Lipinski definition) is 0. The van der Waals surface area contributed by atoms with Crippen molar-refractivity contribution in [3.63, 3.8) is 0 Å². The van der Waals surface area contributed by atoms with Crippen LogP contribution in [0, 0.1) is 35.3 Å². The Morgan fingerprint density at radius 2 is 1.21 bits per heavy atom. The molecular weight excluding hydrogens is 450 g/mol. The number of halogens is 6. The molecule has 0 amide bonds. The van der Waals surface area contributed by atoms with Crippen molar-refractivity contribution in [3.05, 3.63) is 46.8 Å². The highest BCUT2D eigenvalue weighted by molar-refractivity contribution is 5.32. The van der Waals surface area contributed by atoms with Gasteiger partial charge in [0.15, 0.2) is 5.83 Å². The lowest BCUT2D eigenvalue weighted by atomic mass is 9.68. The van der Waals surface area contributed by atoms with Crippen molar-refractivity contribution in [2.45, 2.75) is 102 Å². The first-order valence-electron chi connectivity index (χ1n) is 13.0. The first-order chi connectivity index (χ1) is 16.1. The SMILES string of the molecule is CC1CCC(C2CCC(c3cc(F)c(C4CCC(C=C(F)C(F)(F)F)CC4)c(F)c3)CC2)CC1. The summed E-state index contributed by atoms with van der Waals surface area (Å²) in [6.45, 7) is 2.33. The molecule has 34 heavy (non-hydrogen) atoms. The summed E-state index contributed by atoms with van der Waals surface area (Å²) in [6.07, 6.45) is 6.39. The lowest BCUT2D eigenvalue weighted by molar-refractivity contribution is -0.109. The van der Waals surface area contributed by atoms with E-state index in [0.29, 0.717) is 31.8 Å². The second-order valence-electron chi connectivity index (χ2n) is 11.2. The Morgan fingerprint density at radius 1 is 0.735 bits per heavy atom. The third-order valence-electron chi connectivity index (χ3n) is 8.90. The molecule has 1 aromatic rings. The largest absolute Gasteiger partial charge is 0.442 e. The highest BCUT2D eigenvalue weighted by Gasteiger charge is 2.36. The van der Waals surface area contributed by atoms with E-state index < -0.39 is 29.6 Å². The molecule has 0 unspecified atom stereocenters. The minimum Gasteiger partial charge on any atom is -0.207 e. The third kappa shape index (κ3) is 6.02. The van der Waals surface area contributed by atoms with Crippen LogP contribution in [0.5, 0.6) is 0 Å². The highest BCUT2D eigenvalue weighted by atomic mass is 19.4. The lowest BCUT2D eigenvalue weighted by Crippen LogP contribution is -2.25. The average molecular weight is 487 g/mol. The van der Waals surface area contributed by atoms with Crippen LogP contribution in [0.1, 0.15) is 107 Å². The zero-order chi connectivity index (χ0) is 24.5. The van der Waals surface area contributed by atoms with Gasteiger partial charge in [0.25, 0.3) is 0 Å². The van der Waals surface area contributed by atoms with Gasteiger partial charge in [0.2, 0.25) is 0 Å². The highest BCUT2D eigenvalue weighted by Crippen LogP contribution is 2.45. The zero-order valence-corrected chi connectivity index (χ0v) is 19.9. The molecule has 0 aromatic heterocycles. The van der Waals surface area contributed by atoms with Crippen LogP contribution in [0.3, 0.4) is 0 Å². The zero-order valence-electron chi connectivity index (χ0n) is 19.9. The quantitative estimate of drug-likeness (QED) is 0.372. The molecule has 3 aliphatic carbocycles. The van der Waals surface area contributed by atoms with E-state index in [-0.39, 0.29) is 17.4 Å². The molecule has 6 heteroatoms. The summed E-state index contributed by atoms with van der Waals surface area (Å²) < 4.78 is 80.6. The second kappa shape index (κ2) is 10.7. The maximum atomic E-state index is 15.1. The van der Waals surface area contributed by atoms with Crippen LogP contribution in [0.15, 0.2) is 24.0 Å². The van der Waals surface area contributed by atoms with Gasteiger partial charge in [-0.25, -0.2) is 13.2 Å². The van der Waals surface area contributed by atoms with Crippen molar-refractivity contribution in [2.24, 2.45) is 23.7 Å². The van der Waals surface area contributed by atoms with Gasteiger partial charge in [-0.05, 0) is 123 Å². The van der Waals surface area contributed by atoms with E-state index in [1.807, 2.05) is 0 Å². The van der Waals surface area contributed by atoms with Crippen molar-refractivity contribution in [3.8, 4) is 0 Å². The first-order valence-corrected chi connectivity index (χ1v) is 13.0. The molecule has 0 aliphatic heterocycles. The molecule has 0 atom stereocenters. The summed E-state index contributed by atoms with van der Waals surface area (Å²) in [5.74, 6) is -1.52. The van der Waals surface area contributed by atoms with E-state index in [1.165, 1.54) is 37.8 Å². The van der Waals surface area contributed by atoms with Crippen LogP contribution in [-0.2, 0) is 0 Å². The summed E-state index contributed by atoms with van der Waals surface area (Å²) >= 11 is 0. The summed E-state index contributed by atoms with van der Waals surface area (Å²) in [6, 6.07) is 2.97. The van der Waals surface area contributed by atoms with Crippen LogP contribution in [-0.4, -0.2) is 6.18 Å². The van der Waals surface area contributed by atoms with E-state index in [2.05, 4.69) is 6.92 Å². The van der Waals surface area contributed by atoms with Crippen LogP contribution in [0.2, 0.25) is 0 Å². The summed E-state index contributed by atoms with van der Waals surface area (Å²) in [7, 11) is 0. The Bertz CT molecular complexity index is 825. The predicted octanol–water partition coefficient (Wildman–Crippen LogP) is 9.75. The van der Waals surface area contributed by atoms with Gasteiger partial charge in [-0.2, -0.15) is 13.2 Å². The molecule has 0 bridgehead atoms. The molecule has 4 rings (SSSR count). The molecule has 0 heterocycles. The minimum atomic E-state index is -4.97. The number of allylic oxidation sites excluding steroid dienone is 2. The van der Waals surface area contributed by atoms with Gasteiger partial charge < -0.3 is 0 Å². The van der Waals surface area contributed by atoms with E-state index in [9.17, 15) is 17.6 Å². The van der Waals surface area contributed by atoms with Gasteiger partial charge >= 0.3 is 6.18 Å². The molecule has 0 N–H and O–H groups in total. The molecular formula is C28H36F6. The lowest BCUT2D eigenvalue weighted by Gasteiger charge is -2.37. The third-order valence-corrected chi connectivity index (χ3v) is 8.90. The van der Waals surface area contributed by atoms with Crippen molar-refractivity contribution >= 4 is 0 Å². The molecule has 0 saturated heterocycles. The molecule has 3 saturated carbocycles. The van der Waals surface area contributed by atoms with E-state index in [4.69, 9.17) is 0 Å². The van der Waals surface area contributed by atoms with Gasteiger partial charge in [0, 0.05) is 5.56 Å². The van der Waals surface area contributed by atoms with Gasteiger partial charge in [-0.15, -0.1) is 0 Å². The Hall–Kier alpha value is -1.46. The summed E-state index contributed by atoms with van der Waals surface area (Å²) in [4.78, 5) is 0. The average Bonchev–Trinajstić information content (AvgIpc) is 2.80. The molecule has 3 fully saturated rings. The molecule has 190 valence electrons. The number of hydrogen-bond acceptors (Lipinski definition) is 0. The fraction of sp³-hybridized carbons (Fsp3) is 0.714. The fourth-order valence-electron chi connectivity index (χ4n) is 6.79. The summed E-state index contributed by atoms with van der Waals surface area (Å²) in [5, 5.41) is 0. The van der Waals surface area contributed by atoms with E-state index in [1.54, 1.807) is 0 Å². The second-order valence-corrected chi connectivity index (χ2v) is 11.2. The standard InChI is InChI=1S/C28H36F6/c1-17-2-6-19(7-3-17)20-10-12-21(13-11-20)23-15-24(29)27(25(30)16-23)22-8-4-18(5-9-22)14-26(31)28(32,33)34/h14-22H,2-13H2,1H3. The van der Waals surface area contributed by atoms with Crippen LogP contribution in [0.4, 0.5) is 26.3 Å². The maximum absolute atomic E-state index is 15.1. The van der Waals surface area contributed by atoms with E-state index >= 15 is 8.78 Å². The maximum Gasteiger partial charge on any atom is 0.442 e. The van der Waals surface area contributed by atoms with Crippen LogP contribution >= 0.6 is 0 Å². The van der Waals surface area contributed by atoms with Gasteiger partial charge in [0.05, 0.1) is 0 Å². The van der Waals surface area contributed by atoms with Crippen molar-refractivity contribution in [2.75, 3.05) is 0 Å². The fourth-order valence-corrected chi connectivity index (χ4v) is 6.79. The molecule has 1 aromatic carbocycles. The molecule has 0 spiro atoms. The van der Waals surface area contributed by atoms with E-state index in [0.717, 1.165) is 49.0 Å². The topological polar surface area (TPSA) is 0 Å². The predicted molar refractivity (Wildman–Crippen MR) is 122 cm³/mol. The normalized spacial score (nSPS) is 33.7. The molecule has 0 nitrogen and oxygen atoms in total. The van der Waals surface area contributed by atoms with Crippen molar-refractivity contribution < 1.29 is 26.3 Å². The smallest absolute Gasteiger partial charge is 0.207 e. The molecule has 3 aliphatic rings. The minimum absolute atomic E-state index is 0.0486. The number of alkyl halides is 3. The van der Waals surface area contributed by atoms with Gasteiger partial charge in [-0.3, -0.25) is 0 Å². The molecule has 0 radical (unpaired) electrons. The Labute approximate surface area is 199 Å². The number of rotatable bonds is 4. The van der Waals surface area contributed by atoms with Crippen LogP contribution < -0.4 is 0 Å².